The molecule has 1 aliphatic heterocycles. The van der Waals surface area contributed by atoms with Crippen LogP contribution in [0, 0.1) is 0 Å². The summed E-state index contributed by atoms with van der Waals surface area (Å²) in [6, 6.07) is 5.01. The summed E-state index contributed by atoms with van der Waals surface area (Å²) < 4.78 is 5.23. The highest BCUT2D eigenvalue weighted by molar-refractivity contribution is 6.42. The van der Waals surface area contributed by atoms with Crippen LogP contribution in [0.15, 0.2) is 18.2 Å². The van der Waals surface area contributed by atoms with Gasteiger partial charge in [-0.15, -0.1) is 0 Å². The van der Waals surface area contributed by atoms with Gasteiger partial charge >= 0.3 is 5.97 Å². The lowest BCUT2D eigenvalue weighted by Crippen LogP contribution is -2.41. The van der Waals surface area contributed by atoms with E-state index in [2.05, 4.69) is 0 Å². The highest BCUT2D eigenvalue weighted by atomic mass is 35.5. The first-order valence-corrected chi connectivity index (χ1v) is 6.08. The maximum atomic E-state index is 11.5. The van der Waals surface area contributed by atoms with E-state index in [1.807, 2.05) is 0 Å². The van der Waals surface area contributed by atoms with Crippen molar-refractivity contribution in [2.45, 2.75) is 18.3 Å². The van der Waals surface area contributed by atoms with Crippen molar-refractivity contribution < 1.29 is 14.6 Å². The fraction of sp³-hybridized carbons (Fsp3) is 0.417. The lowest BCUT2D eigenvalue weighted by atomic mass is 9.74. The number of halogens is 2. The first-order chi connectivity index (χ1) is 8.06. The molecular formula is C12H12Cl2O3. The van der Waals surface area contributed by atoms with Crippen LogP contribution in [0.3, 0.4) is 0 Å². The quantitative estimate of drug-likeness (QED) is 0.902. The molecule has 0 bridgehead atoms. The Balaban J connectivity index is 2.45. The molecule has 0 saturated carbocycles. The van der Waals surface area contributed by atoms with Gasteiger partial charge in [-0.2, -0.15) is 0 Å². The van der Waals surface area contributed by atoms with Crippen LogP contribution in [0.2, 0.25) is 10.0 Å². The second-order valence-corrected chi connectivity index (χ2v) is 4.94. The summed E-state index contributed by atoms with van der Waals surface area (Å²) in [4.78, 5) is 11.5. The van der Waals surface area contributed by atoms with E-state index in [0.29, 0.717) is 41.7 Å². The van der Waals surface area contributed by atoms with Crippen LogP contribution < -0.4 is 0 Å². The summed E-state index contributed by atoms with van der Waals surface area (Å²) >= 11 is 11.8. The van der Waals surface area contributed by atoms with Gasteiger partial charge in [0.25, 0.3) is 0 Å². The van der Waals surface area contributed by atoms with Crippen molar-refractivity contribution in [1.82, 2.24) is 0 Å². The van der Waals surface area contributed by atoms with Gasteiger partial charge in [-0.3, -0.25) is 4.79 Å². The Morgan fingerprint density at radius 3 is 2.41 bits per heavy atom. The van der Waals surface area contributed by atoms with Crippen LogP contribution >= 0.6 is 23.2 Å². The number of aliphatic carboxylic acids is 1. The first kappa shape index (κ1) is 12.7. The number of carbonyl (C=O) groups is 1. The lowest BCUT2D eigenvalue weighted by molar-refractivity contribution is -0.147. The van der Waals surface area contributed by atoms with Crippen LogP contribution in [-0.2, 0) is 14.9 Å². The molecule has 0 atom stereocenters. The number of benzene rings is 1. The summed E-state index contributed by atoms with van der Waals surface area (Å²) in [5.41, 5.74) is -0.199. The Kier molecular flexibility index (Phi) is 3.61. The van der Waals surface area contributed by atoms with Crippen molar-refractivity contribution in [3.05, 3.63) is 33.8 Å². The zero-order chi connectivity index (χ0) is 12.5. The minimum atomic E-state index is -0.896. The molecule has 0 spiro atoms. The molecule has 0 radical (unpaired) electrons. The Morgan fingerprint density at radius 2 is 1.88 bits per heavy atom. The topological polar surface area (TPSA) is 46.5 Å². The van der Waals surface area contributed by atoms with E-state index in [-0.39, 0.29) is 0 Å². The molecule has 1 fully saturated rings. The summed E-state index contributed by atoms with van der Waals surface area (Å²) in [6.07, 6.45) is 0.917. The van der Waals surface area contributed by atoms with Gasteiger partial charge in [-0.25, -0.2) is 0 Å². The minimum absolute atomic E-state index is 0.385. The summed E-state index contributed by atoms with van der Waals surface area (Å²) in [5.74, 6) is -0.834. The van der Waals surface area contributed by atoms with E-state index < -0.39 is 11.4 Å². The van der Waals surface area contributed by atoms with Gasteiger partial charge in [0.05, 0.1) is 15.5 Å². The number of carboxylic acids is 1. The van der Waals surface area contributed by atoms with E-state index in [4.69, 9.17) is 27.9 Å². The maximum absolute atomic E-state index is 11.5. The van der Waals surface area contributed by atoms with E-state index in [0.717, 1.165) is 0 Å². The molecule has 0 unspecified atom stereocenters. The molecule has 1 aromatic carbocycles. The smallest absolute Gasteiger partial charge is 0.314 e. The second-order valence-electron chi connectivity index (χ2n) is 4.13. The molecule has 0 aliphatic carbocycles. The van der Waals surface area contributed by atoms with Crippen molar-refractivity contribution in [1.29, 1.82) is 0 Å². The van der Waals surface area contributed by atoms with Crippen LogP contribution in [0.25, 0.3) is 0 Å². The van der Waals surface area contributed by atoms with E-state index in [1.165, 1.54) is 0 Å². The molecule has 1 saturated heterocycles. The first-order valence-electron chi connectivity index (χ1n) is 5.33. The lowest BCUT2D eigenvalue weighted by Gasteiger charge is -2.33. The van der Waals surface area contributed by atoms with Crippen LogP contribution in [0.1, 0.15) is 18.4 Å². The Bertz CT molecular complexity index is 439. The van der Waals surface area contributed by atoms with Gasteiger partial charge in [0.1, 0.15) is 0 Å². The molecule has 1 N–H and O–H groups in total. The molecule has 92 valence electrons. The predicted octanol–water partition coefficient (Wildman–Crippen LogP) is 3.13. The standard InChI is InChI=1S/C12H12Cl2O3/c13-9-2-1-8(7-10(9)14)12(11(15)16)3-5-17-6-4-12/h1-2,7H,3-6H2,(H,15,16). The summed E-state index contributed by atoms with van der Waals surface area (Å²) in [5, 5.41) is 10.3. The van der Waals surface area contributed by atoms with E-state index in [9.17, 15) is 9.90 Å². The fourth-order valence-corrected chi connectivity index (χ4v) is 2.44. The van der Waals surface area contributed by atoms with Crippen LogP contribution in [-0.4, -0.2) is 24.3 Å². The highest BCUT2D eigenvalue weighted by Crippen LogP contribution is 2.37. The average molecular weight is 275 g/mol. The monoisotopic (exact) mass is 274 g/mol. The number of hydrogen-bond donors (Lipinski definition) is 1. The van der Waals surface area contributed by atoms with Gasteiger partial charge in [0.2, 0.25) is 0 Å². The third-order valence-electron chi connectivity index (χ3n) is 3.23. The summed E-state index contributed by atoms with van der Waals surface area (Å²) in [7, 11) is 0. The van der Waals surface area contributed by atoms with Crippen molar-refractivity contribution in [3.63, 3.8) is 0 Å². The van der Waals surface area contributed by atoms with E-state index >= 15 is 0 Å². The molecule has 5 heteroatoms. The maximum Gasteiger partial charge on any atom is 0.314 e. The zero-order valence-corrected chi connectivity index (χ0v) is 10.6. The van der Waals surface area contributed by atoms with Crippen molar-refractivity contribution in [2.24, 2.45) is 0 Å². The SMILES string of the molecule is O=C(O)C1(c2ccc(Cl)c(Cl)c2)CCOCC1. The predicted molar refractivity (Wildman–Crippen MR) is 65.8 cm³/mol. The van der Waals surface area contributed by atoms with Gasteiger partial charge < -0.3 is 9.84 Å². The van der Waals surface area contributed by atoms with Gasteiger partial charge in [-0.1, -0.05) is 29.3 Å². The second kappa shape index (κ2) is 4.84. The molecule has 0 amide bonds. The highest BCUT2D eigenvalue weighted by Gasteiger charge is 2.42. The molecule has 3 nitrogen and oxygen atoms in total. The molecule has 2 rings (SSSR count). The van der Waals surface area contributed by atoms with E-state index in [1.54, 1.807) is 18.2 Å². The molecule has 1 aromatic rings. The van der Waals surface area contributed by atoms with Gasteiger partial charge in [-0.05, 0) is 30.5 Å². The van der Waals surface area contributed by atoms with Gasteiger partial charge in [0.15, 0.2) is 0 Å². The van der Waals surface area contributed by atoms with Crippen molar-refractivity contribution in [2.75, 3.05) is 13.2 Å². The molecular weight excluding hydrogens is 263 g/mol. The van der Waals surface area contributed by atoms with Crippen LogP contribution in [0.5, 0.6) is 0 Å². The third-order valence-corrected chi connectivity index (χ3v) is 3.97. The number of hydrogen-bond acceptors (Lipinski definition) is 2. The number of ether oxygens (including phenoxy) is 1. The number of carboxylic acid groups (broad SMARTS) is 1. The zero-order valence-electron chi connectivity index (χ0n) is 9.08. The molecule has 17 heavy (non-hydrogen) atoms. The Morgan fingerprint density at radius 1 is 1.24 bits per heavy atom. The van der Waals surface area contributed by atoms with Gasteiger partial charge in [0, 0.05) is 13.2 Å². The Hall–Kier alpha value is -0.770. The normalized spacial score (nSPS) is 18.9. The van der Waals surface area contributed by atoms with Crippen LogP contribution in [0.4, 0.5) is 0 Å². The third kappa shape index (κ3) is 2.28. The Labute approximate surface area is 109 Å². The largest absolute Gasteiger partial charge is 0.481 e. The van der Waals surface area contributed by atoms with Crippen molar-refractivity contribution in [3.8, 4) is 0 Å². The fourth-order valence-electron chi connectivity index (χ4n) is 2.14. The molecule has 1 aliphatic rings. The molecule has 0 aromatic heterocycles. The van der Waals surface area contributed by atoms with Crippen molar-refractivity contribution >= 4 is 29.2 Å². The average Bonchev–Trinajstić information content (AvgIpc) is 2.33. The minimum Gasteiger partial charge on any atom is -0.481 e. The molecule has 1 heterocycles. The summed E-state index contributed by atoms with van der Waals surface area (Å²) in [6.45, 7) is 0.902. The number of rotatable bonds is 2.